The zero-order chi connectivity index (χ0) is 8.97. The summed E-state index contributed by atoms with van der Waals surface area (Å²) < 4.78 is 0. The Kier molecular flexibility index (Phi) is 2.57. The van der Waals surface area contributed by atoms with Gasteiger partial charge in [0.1, 0.15) is 0 Å². The Morgan fingerprint density at radius 1 is 1.75 bits per heavy atom. The molecular formula is C7H9N3O2. The molecule has 0 aromatic heterocycles. The Morgan fingerprint density at radius 2 is 2.50 bits per heavy atom. The molecule has 0 bridgehead atoms. The largest absolute Gasteiger partial charge is 0.481 e. The maximum atomic E-state index is 10.5. The summed E-state index contributed by atoms with van der Waals surface area (Å²) in [5, 5.41) is 15.2. The highest BCUT2D eigenvalue weighted by molar-refractivity contribution is 5.73. The first-order valence-electron chi connectivity index (χ1n) is 3.46. The molecule has 5 nitrogen and oxygen atoms in total. The Hall–Kier alpha value is -1.65. The van der Waals surface area contributed by atoms with Crippen molar-refractivity contribution < 1.29 is 9.90 Å². The van der Waals surface area contributed by atoms with Crippen LogP contribution < -0.4 is 5.84 Å². The molecule has 0 fully saturated rings. The zero-order valence-corrected chi connectivity index (χ0v) is 6.34. The lowest BCUT2D eigenvalue weighted by Gasteiger charge is -2.07. The number of nitrogens with zero attached hydrogens (tertiary/aromatic N) is 2. The summed E-state index contributed by atoms with van der Waals surface area (Å²) in [6, 6.07) is 0. The van der Waals surface area contributed by atoms with E-state index >= 15 is 0 Å². The third-order valence-corrected chi connectivity index (χ3v) is 1.57. The maximum Gasteiger partial charge on any atom is 0.310 e. The minimum atomic E-state index is -0.828. The third kappa shape index (κ3) is 1.91. The average Bonchev–Trinajstić information content (AvgIpc) is 2.06. The number of carboxylic acid groups (broad SMARTS) is 1. The fourth-order valence-corrected chi connectivity index (χ4v) is 0.933. The quantitative estimate of drug-likeness (QED) is 0.363. The molecule has 0 saturated heterocycles. The third-order valence-electron chi connectivity index (χ3n) is 1.57. The number of hydrogen-bond donors (Lipinski definition) is 2. The summed E-state index contributed by atoms with van der Waals surface area (Å²) in [5.41, 5.74) is 0.606. The smallest absolute Gasteiger partial charge is 0.310 e. The first kappa shape index (κ1) is 8.45. The van der Waals surface area contributed by atoms with E-state index in [4.69, 9.17) is 10.9 Å². The molecule has 3 N–H and O–H groups in total. The monoisotopic (exact) mass is 167 g/mol. The van der Waals surface area contributed by atoms with Gasteiger partial charge in [-0.3, -0.25) is 4.79 Å². The second kappa shape index (κ2) is 3.66. The highest BCUT2D eigenvalue weighted by Crippen LogP contribution is 2.16. The van der Waals surface area contributed by atoms with E-state index in [1.807, 2.05) is 0 Å². The normalized spacial score (nSPS) is 22.7. The first-order valence-corrected chi connectivity index (χ1v) is 3.46. The van der Waals surface area contributed by atoms with Gasteiger partial charge in [0.05, 0.1) is 11.6 Å². The van der Waals surface area contributed by atoms with Gasteiger partial charge in [-0.05, 0) is 12.5 Å². The predicted molar refractivity (Wildman–Crippen MR) is 42.0 cm³/mol. The minimum absolute atomic E-state index is 0.443. The van der Waals surface area contributed by atoms with Gasteiger partial charge >= 0.3 is 5.97 Å². The van der Waals surface area contributed by atoms with Crippen LogP contribution in [0.25, 0.3) is 0 Å². The SMILES string of the molecule is NN=NC1=CCC(C(=O)O)C=C1. The summed E-state index contributed by atoms with van der Waals surface area (Å²) in [4.78, 5) is 10.5. The molecule has 0 amide bonds. The number of aliphatic carboxylic acids is 1. The van der Waals surface area contributed by atoms with Crippen LogP contribution in [-0.2, 0) is 4.79 Å². The van der Waals surface area contributed by atoms with Crippen LogP contribution in [0.3, 0.4) is 0 Å². The first-order chi connectivity index (χ1) is 5.74. The standard InChI is InChI=1S/C7H9N3O2/c8-10-9-6-3-1-5(2-4-6)7(11)12/h1,3-5H,2H2,(H2,8,9)(H,11,12). The van der Waals surface area contributed by atoms with Crippen LogP contribution in [0.4, 0.5) is 0 Å². The van der Waals surface area contributed by atoms with Crippen LogP contribution in [0.15, 0.2) is 34.3 Å². The minimum Gasteiger partial charge on any atom is -0.481 e. The van der Waals surface area contributed by atoms with Crippen molar-refractivity contribution in [2.24, 2.45) is 22.1 Å². The van der Waals surface area contributed by atoms with Crippen molar-refractivity contribution >= 4 is 5.97 Å². The van der Waals surface area contributed by atoms with E-state index in [0.29, 0.717) is 12.1 Å². The molecule has 0 radical (unpaired) electrons. The number of carbonyl (C=O) groups is 1. The topological polar surface area (TPSA) is 88.0 Å². The zero-order valence-electron chi connectivity index (χ0n) is 6.34. The van der Waals surface area contributed by atoms with Crippen LogP contribution >= 0.6 is 0 Å². The van der Waals surface area contributed by atoms with Gasteiger partial charge in [0, 0.05) is 0 Å². The summed E-state index contributed by atoms with van der Waals surface area (Å²) in [7, 11) is 0. The van der Waals surface area contributed by atoms with Crippen LogP contribution in [-0.4, -0.2) is 11.1 Å². The lowest BCUT2D eigenvalue weighted by atomic mass is 10.0. The molecule has 0 aliphatic heterocycles. The van der Waals surface area contributed by atoms with E-state index < -0.39 is 11.9 Å². The molecule has 0 aromatic rings. The predicted octanol–water partition coefficient (Wildman–Crippen LogP) is 0.857. The van der Waals surface area contributed by atoms with Crippen molar-refractivity contribution in [2.45, 2.75) is 6.42 Å². The van der Waals surface area contributed by atoms with Gasteiger partial charge in [0.2, 0.25) is 0 Å². The van der Waals surface area contributed by atoms with Gasteiger partial charge in [-0.1, -0.05) is 17.4 Å². The van der Waals surface area contributed by atoms with E-state index in [9.17, 15) is 4.79 Å². The van der Waals surface area contributed by atoms with Crippen molar-refractivity contribution in [3.05, 3.63) is 23.9 Å². The van der Waals surface area contributed by atoms with E-state index in [0.717, 1.165) is 0 Å². The molecule has 0 spiro atoms. The molecule has 0 heterocycles. The fourth-order valence-electron chi connectivity index (χ4n) is 0.933. The number of nitrogens with two attached hydrogens (primary N) is 1. The molecule has 1 aliphatic carbocycles. The molecule has 0 aromatic carbocycles. The summed E-state index contributed by atoms with van der Waals surface area (Å²) >= 11 is 0. The van der Waals surface area contributed by atoms with E-state index in [-0.39, 0.29) is 0 Å². The number of rotatable bonds is 2. The van der Waals surface area contributed by atoms with Crippen LogP contribution in [0.5, 0.6) is 0 Å². The maximum absolute atomic E-state index is 10.5. The molecule has 12 heavy (non-hydrogen) atoms. The molecule has 1 aliphatic rings. The van der Waals surface area contributed by atoms with Crippen LogP contribution in [0, 0.1) is 5.92 Å². The second-order valence-corrected chi connectivity index (χ2v) is 2.38. The van der Waals surface area contributed by atoms with Crippen molar-refractivity contribution in [3.8, 4) is 0 Å². The lowest BCUT2D eigenvalue weighted by Crippen LogP contribution is -2.11. The van der Waals surface area contributed by atoms with Gasteiger partial charge in [-0.2, -0.15) is 0 Å². The van der Waals surface area contributed by atoms with Crippen molar-refractivity contribution in [3.63, 3.8) is 0 Å². The van der Waals surface area contributed by atoms with Crippen LogP contribution in [0.1, 0.15) is 6.42 Å². The average molecular weight is 167 g/mol. The highest BCUT2D eigenvalue weighted by atomic mass is 16.4. The van der Waals surface area contributed by atoms with E-state index in [1.165, 1.54) is 0 Å². The summed E-state index contributed by atoms with van der Waals surface area (Å²) in [6.45, 7) is 0. The lowest BCUT2D eigenvalue weighted by molar-refractivity contribution is -0.139. The Balaban J connectivity index is 2.61. The Labute approximate surface area is 69.3 Å². The second-order valence-electron chi connectivity index (χ2n) is 2.38. The molecule has 64 valence electrons. The molecule has 1 rings (SSSR count). The summed E-state index contributed by atoms with van der Waals surface area (Å²) in [5.74, 6) is 3.55. The summed E-state index contributed by atoms with van der Waals surface area (Å²) in [6.07, 6.45) is 5.31. The molecule has 5 heteroatoms. The van der Waals surface area contributed by atoms with E-state index in [1.54, 1.807) is 18.2 Å². The molecular weight excluding hydrogens is 158 g/mol. The highest BCUT2D eigenvalue weighted by Gasteiger charge is 2.15. The van der Waals surface area contributed by atoms with Crippen LogP contribution in [0.2, 0.25) is 0 Å². The number of allylic oxidation sites excluding steroid dienone is 2. The van der Waals surface area contributed by atoms with E-state index in [2.05, 4.69) is 10.3 Å². The fraction of sp³-hybridized carbons (Fsp3) is 0.286. The number of hydrogen-bond acceptors (Lipinski definition) is 3. The molecule has 1 unspecified atom stereocenters. The van der Waals surface area contributed by atoms with Crippen molar-refractivity contribution in [1.82, 2.24) is 0 Å². The van der Waals surface area contributed by atoms with Crippen molar-refractivity contribution in [2.75, 3.05) is 0 Å². The van der Waals surface area contributed by atoms with Gasteiger partial charge in [0.15, 0.2) is 0 Å². The Bertz CT molecular complexity index is 268. The molecule has 0 saturated carbocycles. The Morgan fingerprint density at radius 3 is 2.92 bits per heavy atom. The van der Waals surface area contributed by atoms with Gasteiger partial charge in [0.25, 0.3) is 0 Å². The van der Waals surface area contributed by atoms with Gasteiger partial charge in [-0.15, -0.1) is 5.11 Å². The van der Waals surface area contributed by atoms with Gasteiger partial charge in [-0.25, -0.2) is 0 Å². The number of carboxylic acids is 1. The van der Waals surface area contributed by atoms with Crippen molar-refractivity contribution in [1.29, 1.82) is 0 Å². The molecule has 1 atom stereocenters. The van der Waals surface area contributed by atoms with Gasteiger partial charge < -0.3 is 10.9 Å².